The molecule has 0 bridgehead atoms. The van der Waals surface area contributed by atoms with E-state index in [1.807, 2.05) is 0 Å². The fourth-order valence-electron chi connectivity index (χ4n) is 1.16. The van der Waals surface area contributed by atoms with Gasteiger partial charge in [0.25, 0.3) is 5.91 Å². The van der Waals surface area contributed by atoms with Crippen LogP contribution in [0.2, 0.25) is 5.02 Å². The van der Waals surface area contributed by atoms with E-state index in [1.165, 1.54) is 0 Å². The van der Waals surface area contributed by atoms with E-state index in [4.69, 9.17) is 16.7 Å². The second kappa shape index (κ2) is 6.23. The summed E-state index contributed by atoms with van der Waals surface area (Å²) in [6.45, 7) is 2.11. The Morgan fingerprint density at radius 1 is 1.62 bits per heavy atom. The Morgan fingerprint density at radius 3 is 2.94 bits per heavy atom. The quantitative estimate of drug-likeness (QED) is 0.898. The van der Waals surface area contributed by atoms with Gasteiger partial charge in [0.2, 0.25) is 0 Å². The molecule has 0 spiro atoms. The summed E-state index contributed by atoms with van der Waals surface area (Å²) in [5.41, 5.74) is 0.432. The third-order valence-corrected chi connectivity index (χ3v) is 2.84. The predicted molar refractivity (Wildman–Crippen MR) is 67.8 cm³/mol. The molecule has 16 heavy (non-hydrogen) atoms. The van der Waals surface area contributed by atoms with Crippen LogP contribution in [0.3, 0.4) is 0 Å². The van der Waals surface area contributed by atoms with Crippen molar-refractivity contribution in [3.63, 3.8) is 0 Å². The number of aliphatic hydroxyl groups excluding tert-OH is 1. The zero-order chi connectivity index (χ0) is 12.1. The lowest BCUT2D eigenvalue weighted by Gasteiger charge is -2.08. The van der Waals surface area contributed by atoms with Crippen LogP contribution in [-0.2, 0) is 0 Å². The highest BCUT2D eigenvalue weighted by molar-refractivity contribution is 9.10. The highest BCUT2D eigenvalue weighted by Gasteiger charge is 2.10. The van der Waals surface area contributed by atoms with Crippen molar-refractivity contribution in [3.8, 4) is 0 Å². The first-order valence-corrected chi connectivity index (χ1v) is 6.09. The average Bonchev–Trinajstić information content (AvgIpc) is 2.21. The van der Waals surface area contributed by atoms with E-state index in [9.17, 15) is 4.79 Å². The number of halogens is 2. The molecule has 1 aromatic carbocycles. The van der Waals surface area contributed by atoms with Crippen LogP contribution < -0.4 is 5.32 Å². The number of carbonyl (C=O) groups excluding carboxylic acids is 1. The maximum atomic E-state index is 11.7. The van der Waals surface area contributed by atoms with Crippen LogP contribution in [-0.4, -0.2) is 23.7 Å². The summed E-state index contributed by atoms with van der Waals surface area (Å²) in [7, 11) is 0. The molecular weight excluding hydrogens is 293 g/mol. The van der Waals surface area contributed by atoms with Gasteiger partial charge in [0.05, 0.1) is 16.7 Å². The standard InChI is InChI=1S/C11H13BrClNO2/c1-7(15)4-5-14-11(16)9-6-8(12)2-3-10(9)13/h2-3,6-7,15H,4-5H2,1H3,(H,14,16). The van der Waals surface area contributed by atoms with Crippen molar-refractivity contribution in [2.24, 2.45) is 0 Å². The van der Waals surface area contributed by atoms with Gasteiger partial charge < -0.3 is 10.4 Å². The molecule has 0 aliphatic carbocycles. The molecule has 1 atom stereocenters. The molecular formula is C11H13BrClNO2. The molecule has 1 rings (SSSR count). The maximum absolute atomic E-state index is 11.7. The van der Waals surface area contributed by atoms with E-state index >= 15 is 0 Å². The van der Waals surface area contributed by atoms with E-state index in [0.717, 1.165) is 4.47 Å². The van der Waals surface area contributed by atoms with Crippen molar-refractivity contribution in [3.05, 3.63) is 33.3 Å². The third-order valence-electron chi connectivity index (χ3n) is 2.02. The van der Waals surface area contributed by atoms with Crippen molar-refractivity contribution in [1.82, 2.24) is 5.32 Å². The minimum atomic E-state index is -0.418. The predicted octanol–water partition coefficient (Wildman–Crippen LogP) is 2.60. The monoisotopic (exact) mass is 305 g/mol. The number of carbonyl (C=O) groups is 1. The second-order valence-corrected chi connectivity index (χ2v) is 4.84. The molecule has 0 aliphatic rings. The molecule has 3 nitrogen and oxygen atoms in total. The van der Waals surface area contributed by atoms with E-state index in [1.54, 1.807) is 25.1 Å². The van der Waals surface area contributed by atoms with E-state index in [0.29, 0.717) is 23.6 Å². The Morgan fingerprint density at radius 2 is 2.31 bits per heavy atom. The Bertz CT molecular complexity index is 382. The lowest BCUT2D eigenvalue weighted by atomic mass is 10.2. The molecule has 0 fully saturated rings. The third kappa shape index (κ3) is 4.12. The molecule has 0 aliphatic heterocycles. The van der Waals surface area contributed by atoms with Gasteiger partial charge in [-0.05, 0) is 31.5 Å². The van der Waals surface area contributed by atoms with Gasteiger partial charge in [0.1, 0.15) is 0 Å². The molecule has 88 valence electrons. The zero-order valence-corrected chi connectivity index (χ0v) is 11.2. The molecule has 2 N–H and O–H groups in total. The van der Waals surface area contributed by atoms with E-state index in [2.05, 4.69) is 21.2 Å². The number of rotatable bonds is 4. The van der Waals surface area contributed by atoms with Gasteiger partial charge in [-0.3, -0.25) is 4.79 Å². The van der Waals surface area contributed by atoms with Gasteiger partial charge in [-0.1, -0.05) is 27.5 Å². The van der Waals surface area contributed by atoms with Crippen LogP contribution in [0, 0.1) is 0 Å². The van der Waals surface area contributed by atoms with Crippen molar-refractivity contribution in [1.29, 1.82) is 0 Å². The maximum Gasteiger partial charge on any atom is 0.252 e. The van der Waals surface area contributed by atoms with E-state index in [-0.39, 0.29) is 5.91 Å². The number of hydrogen-bond donors (Lipinski definition) is 2. The lowest BCUT2D eigenvalue weighted by molar-refractivity contribution is 0.0945. The zero-order valence-electron chi connectivity index (χ0n) is 8.84. The van der Waals surface area contributed by atoms with Crippen molar-refractivity contribution >= 4 is 33.4 Å². The van der Waals surface area contributed by atoms with Gasteiger partial charge in [-0.2, -0.15) is 0 Å². The summed E-state index contributed by atoms with van der Waals surface area (Å²) < 4.78 is 0.803. The highest BCUT2D eigenvalue weighted by atomic mass is 79.9. The topological polar surface area (TPSA) is 49.3 Å². The van der Waals surface area contributed by atoms with Crippen LogP contribution >= 0.6 is 27.5 Å². The van der Waals surface area contributed by atoms with E-state index < -0.39 is 6.10 Å². The fourth-order valence-corrected chi connectivity index (χ4v) is 1.73. The summed E-state index contributed by atoms with van der Waals surface area (Å²) in [5, 5.41) is 12.2. The first-order chi connectivity index (χ1) is 7.50. The van der Waals surface area contributed by atoms with Crippen molar-refractivity contribution in [2.75, 3.05) is 6.54 Å². The largest absolute Gasteiger partial charge is 0.393 e. The van der Waals surface area contributed by atoms with Gasteiger partial charge in [0.15, 0.2) is 0 Å². The SMILES string of the molecule is CC(O)CCNC(=O)c1cc(Br)ccc1Cl. The fraction of sp³-hybridized carbons (Fsp3) is 0.364. The highest BCUT2D eigenvalue weighted by Crippen LogP contribution is 2.20. The van der Waals surface area contributed by atoms with Crippen molar-refractivity contribution in [2.45, 2.75) is 19.4 Å². The van der Waals surface area contributed by atoms with Crippen LogP contribution in [0.25, 0.3) is 0 Å². The molecule has 0 heterocycles. The Balaban J connectivity index is 2.62. The van der Waals surface area contributed by atoms with Crippen LogP contribution in [0.1, 0.15) is 23.7 Å². The van der Waals surface area contributed by atoms with Gasteiger partial charge >= 0.3 is 0 Å². The minimum Gasteiger partial charge on any atom is -0.393 e. The average molecular weight is 307 g/mol. The molecule has 1 unspecified atom stereocenters. The first-order valence-electron chi connectivity index (χ1n) is 4.92. The number of benzene rings is 1. The van der Waals surface area contributed by atoms with Crippen LogP contribution in [0.5, 0.6) is 0 Å². The molecule has 0 radical (unpaired) electrons. The molecule has 0 saturated carbocycles. The molecule has 1 amide bonds. The summed E-state index contributed by atoms with van der Waals surface area (Å²) in [6.07, 6.45) is 0.107. The second-order valence-electron chi connectivity index (χ2n) is 3.52. The summed E-state index contributed by atoms with van der Waals surface area (Å²) >= 11 is 9.18. The van der Waals surface area contributed by atoms with Crippen molar-refractivity contribution < 1.29 is 9.90 Å². The summed E-state index contributed by atoms with van der Waals surface area (Å²) in [5.74, 6) is -0.230. The summed E-state index contributed by atoms with van der Waals surface area (Å²) in [6, 6.07) is 5.10. The summed E-state index contributed by atoms with van der Waals surface area (Å²) in [4.78, 5) is 11.7. The Hall–Kier alpha value is -0.580. The molecule has 5 heteroatoms. The number of nitrogens with one attached hydrogen (secondary N) is 1. The minimum absolute atomic E-state index is 0.230. The molecule has 0 aromatic heterocycles. The molecule has 0 saturated heterocycles. The Labute approximate surface area is 108 Å². The first kappa shape index (κ1) is 13.5. The van der Waals surface area contributed by atoms with Crippen LogP contribution in [0.15, 0.2) is 22.7 Å². The van der Waals surface area contributed by atoms with Gasteiger partial charge in [-0.25, -0.2) is 0 Å². The number of aliphatic hydroxyl groups is 1. The smallest absolute Gasteiger partial charge is 0.252 e. The van der Waals surface area contributed by atoms with Gasteiger partial charge in [0, 0.05) is 11.0 Å². The Kier molecular flexibility index (Phi) is 5.25. The lowest BCUT2D eigenvalue weighted by Crippen LogP contribution is -2.26. The number of hydrogen-bond acceptors (Lipinski definition) is 2. The normalized spacial score (nSPS) is 12.2. The van der Waals surface area contributed by atoms with Gasteiger partial charge in [-0.15, -0.1) is 0 Å². The van der Waals surface area contributed by atoms with Crippen LogP contribution in [0.4, 0.5) is 0 Å². The number of amides is 1. The molecule has 1 aromatic rings.